The van der Waals surface area contributed by atoms with Crippen molar-refractivity contribution >= 4 is 0 Å². The second-order valence-electron chi connectivity index (χ2n) is 4.12. The Hall–Kier alpha value is -1.09. The van der Waals surface area contributed by atoms with E-state index in [4.69, 9.17) is 10.5 Å². The summed E-state index contributed by atoms with van der Waals surface area (Å²) in [6.45, 7) is 6.89. The topological polar surface area (TPSA) is 35.2 Å². The lowest BCUT2D eigenvalue weighted by molar-refractivity contribution is 0.266. The third-order valence-electron chi connectivity index (χ3n) is 2.10. The third kappa shape index (κ3) is 3.20. The minimum atomic E-state index is -0.259. The molecule has 0 heterocycles. The lowest BCUT2D eigenvalue weighted by Crippen LogP contribution is -2.09. The largest absolute Gasteiger partial charge is 0.493 e. The maximum atomic E-state index is 13.1. The normalized spacial score (nSPS) is 10.8. The van der Waals surface area contributed by atoms with Crippen LogP contribution in [0.2, 0.25) is 0 Å². The zero-order valence-corrected chi connectivity index (χ0v) is 9.51. The molecule has 1 aromatic rings. The summed E-state index contributed by atoms with van der Waals surface area (Å²) in [4.78, 5) is 0. The SMILES string of the molecule is Cc1cc(F)cc(CN)c1OCC(C)C. The van der Waals surface area contributed by atoms with Gasteiger partial charge in [-0.1, -0.05) is 13.8 Å². The van der Waals surface area contributed by atoms with E-state index >= 15 is 0 Å². The molecule has 2 nitrogen and oxygen atoms in total. The lowest BCUT2D eigenvalue weighted by atomic mass is 10.1. The van der Waals surface area contributed by atoms with Gasteiger partial charge in [-0.3, -0.25) is 0 Å². The van der Waals surface area contributed by atoms with Gasteiger partial charge in [0.2, 0.25) is 0 Å². The van der Waals surface area contributed by atoms with Gasteiger partial charge in [0.15, 0.2) is 0 Å². The van der Waals surface area contributed by atoms with Crippen molar-refractivity contribution in [2.45, 2.75) is 27.3 Å². The van der Waals surface area contributed by atoms with Gasteiger partial charge in [-0.05, 0) is 30.5 Å². The molecule has 0 saturated carbocycles. The maximum Gasteiger partial charge on any atom is 0.126 e. The Bertz CT molecular complexity index is 337. The number of hydrogen-bond donors (Lipinski definition) is 1. The average Bonchev–Trinajstić information content (AvgIpc) is 2.14. The van der Waals surface area contributed by atoms with Crippen LogP contribution in [0.3, 0.4) is 0 Å². The zero-order chi connectivity index (χ0) is 11.4. The van der Waals surface area contributed by atoms with E-state index < -0.39 is 0 Å². The number of aryl methyl sites for hydroxylation is 1. The molecule has 0 spiro atoms. The summed E-state index contributed by atoms with van der Waals surface area (Å²) in [7, 11) is 0. The van der Waals surface area contributed by atoms with Gasteiger partial charge in [0.1, 0.15) is 11.6 Å². The summed E-state index contributed by atoms with van der Waals surface area (Å²) in [6, 6.07) is 2.90. The van der Waals surface area contributed by atoms with E-state index in [0.717, 1.165) is 16.9 Å². The van der Waals surface area contributed by atoms with Crippen molar-refractivity contribution < 1.29 is 9.13 Å². The molecular weight excluding hydrogens is 193 g/mol. The molecule has 0 aromatic heterocycles. The monoisotopic (exact) mass is 211 g/mol. The molecule has 0 aliphatic heterocycles. The number of nitrogens with two attached hydrogens (primary N) is 1. The van der Waals surface area contributed by atoms with Crippen LogP contribution >= 0.6 is 0 Å². The third-order valence-corrected chi connectivity index (χ3v) is 2.10. The summed E-state index contributed by atoms with van der Waals surface area (Å²) in [5.41, 5.74) is 7.08. The predicted octanol–water partition coefficient (Wildman–Crippen LogP) is 2.63. The molecule has 15 heavy (non-hydrogen) atoms. The molecule has 1 aromatic carbocycles. The van der Waals surface area contributed by atoms with Gasteiger partial charge in [0.25, 0.3) is 0 Å². The summed E-state index contributed by atoms with van der Waals surface area (Å²) in [6.07, 6.45) is 0. The first-order chi connectivity index (χ1) is 7.04. The van der Waals surface area contributed by atoms with E-state index in [1.165, 1.54) is 12.1 Å². The first kappa shape index (κ1) is 12.0. The molecular formula is C12H18FNO. The maximum absolute atomic E-state index is 13.1. The molecule has 0 aliphatic rings. The highest BCUT2D eigenvalue weighted by atomic mass is 19.1. The van der Waals surface area contributed by atoms with Crippen molar-refractivity contribution in [2.24, 2.45) is 11.7 Å². The van der Waals surface area contributed by atoms with Crippen molar-refractivity contribution in [1.29, 1.82) is 0 Å². The van der Waals surface area contributed by atoms with Crippen LogP contribution < -0.4 is 10.5 Å². The second kappa shape index (κ2) is 5.12. The van der Waals surface area contributed by atoms with Crippen LogP contribution in [0.25, 0.3) is 0 Å². The molecule has 0 fully saturated rings. The number of hydrogen-bond acceptors (Lipinski definition) is 2. The van der Waals surface area contributed by atoms with Crippen LogP contribution in [0, 0.1) is 18.7 Å². The van der Waals surface area contributed by atoms with Gasteiger partial charge in [0, 0.05) is 12.1 Å². The zero-order valence-electron chi connectivity index (χ0n) is 9.51. The van der Waals surface area contributed by atoms with E-state index in [9.17, 15) is 4.39 Å². The van der Waals surface area contributed by atoms with Crippen LogP contribution in [0.1, 0.15) is 25.0 Å². The minimum Gasteiger partial charge on any atom is -0.493 e. The molecule has 0 saturated heterocycles. The van der Waals surface area contributed by atoms with Crippen molar-refractivity contribution in [2.75, 3.05) is 6.61 Å². The Balaban J connectivity index is 2.93. The van der Waals surface area contributed by atoms with Crippen molar-refractivity contribution in [1.82, 2.24) is 0 Å². The highest BCUT2D eigenvalue weighted by Gasteiger charge is 2.09. The van der Waals surface area contributed by atoms with Gasteiger partial charge >= 0.3 is 0 Å². The van der Waals surface area contributed by atoms with Crippen LogP contribution in [-0.4, -0.2) is 6.61 Å². The molecule has 0 aliphatic carbocycles. The van der Waals surface area contributed by atoms with Crippen LogP contribution in [0.4, 0.5) is 4.39 Å². The van der Waals surface area contributed by atoms with E-state index in [1.54, 1.807) is 0 Å². The Morgan fingerprint density at radius 3 is 2.60 bits per heavy atom. The van der Waals surface area contributed by atoms with E-state index in [-0.39, 0.29) is 5.82 Å². The fourth-order valence-corrected chi connectivity index (χ4v) is 1.41. The van der Waals surface area contributed by atoms with Crippen LogP contribution in [-0.2, 0) is 6.54 Å². The number of ether oxygens (including phenoxy) is 1. The fraction of sp³-hybridized carbons (Fsp3) is 0.500. The fourth-order valence-electron chi connectivity index (χ4n) is 1.41. The van der Waals surface area contributed by atoms with Crippen molar-refractivity contribution in [3.05, 3.63) is 29.1 Å². The smallest absolute Gasteiger partial charge is 0.126 e. The highest BCUT2D eigenvalue weighted by Crippen LogP contribution is 2.25. The summed E-state index contributed by atoms with van der Waals surface area (Å²) in [5, 5.41) is 0. The van der Waals surface area contributed by atoms with E-state index in [0.29, 0.717) is 19.1 Å². The highest BCUT2D eigenvalue weighted by molar-refractivity contribution is 5.41. The molecule has 1 rings (SSSR count). The van der Waals surface area contributed by atoms with Crippen LogP contribution in [0.5, 0.6) is 5.75 Å². The van der Waals surface area contributed by atoms with Gasteiger partial charge in [-0.25, -0.2) is 4.39 Å². The summed E-state index contributed by atoms with van der Waals surface area (Å²) < 4.78 is 18.7. The van der Waals surface area contributed by atoms with E-state index in [1.807, 2.05) is 6.92 Å². The first-order valence-electron chi connectivity index (χ1n) is 5.16. The molecule has 0 radical (unpaired) electrons. The lowest BCUT2D eigenvalue weighted by Gasteiger charge is -2.14. The molecule has 0 bridgehead atoms. The number of halogens is 1. The van der Waals surface area contributed by atoms with Gasteiger partial charge in [0.05, 0.1) is 6.61 Å². The Labute approximate surface area is 90.2 Å². The second-order valence-corrected chi connectivity index (χ2v) is 4.12. The molecule has 0 unspecified atom stereocenters. The van der Waals surface area contributed by atoms with E-state index in [2.05, 4.69) is 13.8 Å². The average molecular weight is 211 g/mol. The molecule has 0 amide bonds. The summed E-state index contributed by atoms with van der Waals surface area (Å²) in [5.74, 6) is 0.914. The first-order valence-corrected chi connectivity index (χ1v) is 5.16. The van der Waals surface area contributed by atoms with Crippen molar-refractivity contribution in [3.8, 4) is 5.75 Å². The Morgan fingerprint density at radius 1 is 1.40 bits per heavy atom. The van der Waals surface area contributed by atoms with Gasteiger partial charge < -0.3 is 10.5 Å². The van der Waals surface area contributed by atoms with Crippen molar-refractivity contribution in [3.63, 3.8) is 0 Å². The van der Waals surface area contributed by atoms with Crippen LogP contribution in [0.15, 0.2) is 12.1 Å². The molecule has 0 atom stereocenters. The Morgan fingerprint density at radius 2 is 2.07 bits per heavy atom. The summed E-state index contributed by atoms with van der Waals surface area (Å²) >= 11 is 0. The predicted molar refractivity (Wildman–Crippen MR) is 59.4 cm³/mol. The molecule has 2 N–H and O–H groups in total. The van der Waals surface area contributed by atoms with Gasteiger partial charge in [-0.15, -0.1) is 0 Å². The Kier molecular flexibility index (Phi) is 4.09. The quantitative estimate of drug-likeness (QED) is 0.831. The number of rotatable bonds is 4. The minimum absolute atomic E-state index is 0.259. The number of benzene rings is 1. The van der Waals surface area contributed by atoms with Gasteiger partial charge in [-0.2, -0.15) is 0 Å². The molecule has 84 valence electrons. The molecule has 3 heteroatoms. The standard InChI is InChI=1S/C12H18FNO/c1-8(2)7-15-12-9(3)4-11(13)5-10(12)6-14/h4-5,8H,6-7,14H2,1-3H3.